The van der Waals surface area contributed by atoms with Gasteiger partial charge in [0.05, 0.1) is 18.6 Å². The number of benzene rings is 1. The number of piperidine rings is 1. The van der Waals surface area contributed by atoms with Crippen LogP contribution in [0.15, 0.2) is 30.3 Å². The minimum Gasteiger partial charge on any atom is -0.468 e. The van der Waals surface area contributed by atoms with Gasteiger partial charge in [0.2, 0.25) is 0 Å². The SMILES string of the molecule is COC(=O)C1(c2ccccc2)CCN(C(=O)NCC2CCCO2)CC1. The Balaban J connectivity index is 1.61. The van der Waals surface area contributed by atoms with Gasteiger partial charge in [-0.05, 0) is 31.2 Å². The van der Waals surface area contributed by atoms with Gasteiger partial charge in [0.25, 0.3) is 0 Å². The van der Waals surface area contributed by atoms with E-state index in [-0.39, 0.29) is 18.1 Å². The maximum atomic E-state index is 12.5. The maximum absolute atomic E-state index is 12.5. The third-order valence-corrected chi connectivity index (χ3v) is 5.31. The van der Waals surface area contributed by atoms with Crippen molar-refractivity contribution < 1.29 is 19.1 Å². The zero-order valence-electron chi connectivity index (χ0n) is 14.7. The van der Waals surface area contributed by atoms with E-state index in [2.05, 4.69) is 5.32 Å². The Morgan fingerprint density at radius 3 is 2.60 bits per heavy atom. The van der Waals surface area contributed by atoms with E-state index in [4.69, 9.17) is 9.47 Å². The summed E-state index contributed by atoms with van der Waals surface area (Å²) in [4.78, 5) is 26.7. The molecule has 1 aromatic carbocycles. The number of rotatable bonds is 4. The number of likely N-dealkylation sites (tertiary alicyclic amines) is 1. The molecule has 2 saturated heterocycles. The van der Waals surface area contributed by atoms with E-state index in [0.717, 1.165) is 25.0 Å². The number of urea groups is 1. The molecular formula is C19H26N2O4. The van der Waals surface area contributed by atoms with Gasteiger partial charge in [-0.3, -0.25) is 4.79 Å². The average molecular weight is 346 g/mol. The van der Waals surface area contributed by atoms with Gasteiger partial charge in [0, 0.05) is 26.2 Å². The molecule has 2 amide bonds. The van der Waals surface area contributed by atoms with Crippen LogP contribution in [-0.2, 0) is 19.7 Å². The predicted molar refractivity (Wildman–Crippen MR) is 93.3 cm³/mol. The Hall–Kier alpha value is -2.08. The molecule has 136 valence electrons. The van der Waals surface area contributed by atoms with Crippen LogP contribution in [0.1, 0.15) is 31.2 Å². The van der Waals surface area contributed by atoms with Crippen molar-refractivity contribution in [2.45, 2.75) is 37.2 Å². The number of esters is 1. The molecule has 0 radical (unpaired) electrons. The van der Waals surface area contributed by atoms with Crippen LogP contribution in [0.5, 0.6) is 0 Å². The fourth-order valence-corrected chi connectivity index (χ4v) is 3.77. The first-order valence-electron chi connectivity index (χ1n) is 8.94. The van der Waals surface area contributed by atoms with Crippen molar-refractivity contribution in [1.82, 2.24) is 10.2 Å². The van der Waals surface area contributed by atoms with Crippen LogP contribution in [0.2, 0.25) is 0 Å². The molecular weight excluding hydrogens is 320 g/mol. The third kappa shape index (κ3) is 3.79. The molecule has 0 saturated carbocycles. The highest BCUT2D eigenvalue weighted by atomic mass is 16.5. The first-order chi connectivity index (χ1) is 12.2. The molecule has 1 N–H and O–H groups in total. The van der Waals surface area contributed by atoms with Crippen molar-refractivity contribution in [1.29, 1.82) is 0 Å². The van der Waals surface area contributed by atoms with Crippen LogP contribution in [0, 0.1) is 0 Å². The zero-order chi connectivity index (χ0) is 17.7. The van der Waals surface area contributed by atoms with Gasteiger partial charge in [-0.25, -0.2) is 4.79 Å². The summed E-state index contributed by atoms with van der Waals surface area (Å²) >= 11 is 0. The van der Waals surface area contributed by atoms with Gasteiger partial charge in [0.1, 0.15) is 0 Å². The second kappa shape index (κ2) is 7.87. The van der Waals surface area contributed by atoms with E-state index >= 15 is 0 Å². The van der Waals surface area contributed by atoms with E-state index in [1.54, 1.807) is 4.90 Å². The quantitative estimate of drug-likeness (QED) is 0.848. The molecule has 2 fully saturated rings. The lowest BCUT2D eigenvalue weighted by Gasteiger charge is -2.40. The molecule has 2 aliphatic rings. The molecule has 0 aromatic heterocycles. The fraction of sp³-hybridized carbons (Fsp3) is 0.579. The summed E-state index contributed by atoms with van der Waals surface area (Å²) < 4.78 is 10.6. The summed E-state index contributed by atoms with van der Waals surface area (Å²) in [6.45, 7) is 2.39. The van der Waals surface area contributed by atoms with E-state index < -0.39 is 5.41 Å². The largest absolute Gasteiger partial charge is 0.468 e. The molecule has 6 heteroatoms. The Bertz CT molecular complexity index is 591. The highest BCUT2D eigenvalue weighted by Gasteiger charge is 2.44. The molecule has 3 rings (SSSR count). The first-order valence-corrected chi connectivity index (χ1v) is 8.94. The number of nitrogens with one attached hydrogen (secondary N) is 1. The van der Waals surface area contributed by atoms with Gasteiger partial charge in [-0.2, -0.15) is 0 Å². The van der Waals surface area contributed by atoms with Gasteiger partial charge < -0.3 is 19.7 Å². The summed E-state index contributed by atoms with van der Waals surface area (Å²) in [5, 5.41) is 2.95. The zero-order valence-corrected chi connectivity index (χ0v) is 14.7. The molecule has 1 atom stereocenters. The summed E-state index contributed by atoms with van der Waals surface area (Å²) in [6.07, 6.45) is 3.32. The highest BCUT2D eigenvalue weighted by molar-refractivity contribution is 5.84. The van der Waals surface area contributed by atoms with Gasteiger partial charge in [-0.1, -0.05) is 30.3 Å². The lowest BCUT2D eigenvalue weighted by Crippen LogP contribution is -2.52. The minimum atomic E-state index is -0.665. The number of hydrogen-bond donors (Lipinski definition) is 1. The summed E-state index contributed by atoms with van der Waals surface area (Å²) in [7, 11) is 1.42. The average Bonchev–Trinajstić information content (AvgIpc) is 3.20. The standard InChI is InChI=1S/C19H26N2O4/c1-24-17(22)19(15-6-3-2-4-7-15)9-11-21(12-10-19)18(23)20-14-16-8-5-13-25-16/h2-4,6-7,16H,5,8-14H2,1H3,(H,20,23). The number of methoxy groups -OCH3 is 1. The summed E-state index contributed by atoms with van der Waals surface area (Å²) in [6, 6.07) is 9.64. The monoisotopic (exact) mass is 346 g/mol. The van der Waals surface area contributed by atoms with Crippen LogP contribution >= 0.6 is 0 Å². The minimum absolute atomic E-state index is 0.0815. The van der Waals surface area contributed by atoms with E-state index in [9.17, 15) is 9.59 Å². The van der Waals surface area contributed by atoms with Crippen molar-refractivity contribution >= 4 is 12.0 Å². The second-order valence-electron chi connectivity index (χ2n) is 6.75. The maximum Gasteiger partial charge on any atom is 0.317 e. The Labute approximate surface area is 148 Å². The number of nitrogens with zero attached hydrogens (tertiary/aromatic N) is 1. The van der Waals surface area contributed by atoms with Gasteiger partial charge in [-0.15, -0.1) is 0 Å². The van der Waals surface area contributed by atoms with Gasteiger partial charge >= 0.3 is 12.0 Å². The normalized spacial score (nSPS) is 22.4. The van der Waals surface area contributed by atoms with Crippen LogP contribution in [0.3, 0.4) is 0 Å². The van der Waals surface area contributed by atoms with E-state index in [1.807, 2.05) is 30.3 Å². The van der Waals surface area contributed by atoms with Crippen molar-refractivity contribution in [3.05, 3.63) is 35.9 Å². The first kappa shape index (κ1) is 17.7. The molecule has 0 bridgehead atoms. The molecule has 1 unspecified atom stereocenters. The van der Waals surface area contributed by atoms with Crippen molar-refractivity contribution in [2.75, 3.05) is 33.4 Å². The van der Waals surface area contributed by atoms with Crippen LogP contribution in [0.4, 0.5) is 4.79 Å². The van der Waals surface area contributed by atoms with Crippen LogP contribution in [0.25, 0.3) is 0 Å². The molecule has 1 aromatic rings. The van der Waals surface area contributed by atoms with Crippen LogP contribution < -0.4 is 5.32 Å². The van der Waals surface area contributed by atoms with Crippen molar-refractivity contribution in [3.8, 4) is 0 Å². The lowest BCUT2D eigenvalue weighted by atomic mass is 9.73. The number of ether oxygens (including phenoxy) is 2. The van der Waals surface area contributed by atoms with E-state index in [1.165, 1.54) is 7.11 Å². The summed E-state index contributed by atoms with van der Waals surface area (Å²) in [5.41, 5.74) is 0.294. The molecule has 2 aliphatic heterocycles. The summed E-state index contributed by atoms with van der Waals surface area (Å²) in [5.74, 6) is -0.224. The Kier molecular flexibility index (Phi) is 5.58. The second-order valence-corrected chi connectivity index (χ2v) is 6.75. The topological polar surface area (TPSA) is 67.9 Å². The molecule has 0 aliphatic carbocycles. The van der Waals surface area contributed by atoms with Crippen molar-refractivity contribution in [3.63, 3.8) is 0 Å². The Morgan fingerprint density at radius 1 is 1.28 bits per heavy atom. The molecule has 0 spiro atoms. The van der Waals surface area contributed by atoms with E-state index in [0.29, 0.717) is 32.5 Å². The van der Waals surface area contributed by atoms with Crippen LogP contribution in [-0.4, -0.2) is 56.4 Å². The third-order valence-electron chi connectivity index (χ3n) is 5.31. The lowest BCUT2D eigenvalue weighted by molar-refractivity contribution is -0.149. The fourth-order valence-electron chi connectivity index (χ4n) is 3.77. The molecule has 6 nitrogen and oxygen atoms in total. The predicted octanol–water partition coefficient (Wildman–Crippen LogP) is 2.08. The molecule has 2 heterocycles. The number of carbonyl (C=O) groups excluding carboxylic acids is 2. The number of hydrogen-bond acceptors (Lipinski definition) is 4. The van der Waals surface area contributed by atoms with Crippen molar-refractivity contribution in [2.24, 2.45) is 0 Å². The van der Waals surface area contributed by atoms with Gasteiger partial charge in [0.15, 0.2) is 0 Å². The number of amides is 2. The highest BCUT2D eigenvalue weighted by Crippen LogP contribution is 2.36. The Morgan fingerprint density at radius 2 is 2.00 bits per heavy atom. The smallest absolute Gasteiger partial charge is 0.317 e. The molecule has 25 heavy (non-hydrogen) atoms. The number of carbonyl (C=O) groups is 2.